The molecule has 0 radical (unpaired) electrons. The summed E-state index contributed by atoms with van der Waals surface area (Å²) in [6.07, 6.45) is 1.04. The largest absolute Gasteiger partial charge is 0.495 e. The minimum atomic E-state index is -0.0937. The van der Waals surface area contributed by atoms with Gasteiger partial charge in [0.1, 0.15) is 5.75 Å². The second-order valence-electron chi connectivity index (χ2n) is 4.64. The van der Waals surface area contributed by atoms with E-state index in [2.05, 4.69) is 31.0 Å². The highest BCUT2D eigenvalue weighted by Gasteiger charge is 2.10. The lowest BCUT2D eigenvalue weighted by Gasteiger charge is -2.11. The lowest BCUT2D eigenvalue weighted by Crippen LogP contribution is -2.28. The summed E-state index contributed by atoms with van der Waals surface area (Å²) < 4.78 is 5.22. The fraction of sp³-hybridized carbons (Fsp3) is 0.438. The van der Waals surface area contributed by atoms with E-state index in [1.807, 2.05) is 0 Å². The van der Waals surface area contributed by atoms with Crippen LogP contribution in [0.1, 0.15) is 36.2 Å². The predicted molar refractivity (Wildman–Crippen MR) is 80.7 cm³/mol. The first-order valence-corrected chi connectivity index (χ1v) is 6.77. The van der Waals surface area contributed by atoms with Gasteiger partial charge < -0.3 is 15.8 Å². The van der Waals surface area contributed by atoms with Gasteiger partial charge in [-0.2, -0.15) is 0 Å². The molecule has 1 unspecified atom stereocenters. The van der Waals surface area contributed by atoms with Gasteiger partial charge in [0.2, 0.25) is 0 Å². The van der Waals surface area contributed by atoms with Crippen LogP contribution < -0.4 is 15.8 Å². The van der Waals surface area contributed by atoms with Crippen molar-refractivity contribution >= 4 is 5.91 Å². The van der Waals surface area contributed by atoms with Crippen LogP contribution in [0.4, 0.5) is 0 Å². The van der Waals surface area contributed by atoms with Crippen molar-refractivity contribution in [2.24, 2.45) is 11.7 Å². The Hall–Kier alpha value is -1.99. The zero-order valence-corrected chi connectivity index (χ0v) is 12.3. The molecule has 0 fully saturated rings. The van der Waals surface area contributed by atoms with Crippen molar-refractivity contribution < 1.29 is 9.53 Å². The van der Waals surface area contributed by atoms with E-state index in [4.69, 9.17) is 10.5 Å². The quantitative estimate of drug-likeness (QED) is 0.804. The molecule has 0 saturated carbocycles. The van der Waals surface area contributed by atoms with Gasteiger partial charge in [-0.25, -0.2) is 0 Å². The third-order valence-electron chi connectivity index (χ3n) is 3.09. The van der Waals surface area contributed by atoms with E-state index < -0.39 is 0 Å². The molecule has 4 nitrogen and oxygen atoms in total. The molecule has 0 aliphatic heterocycles. The summed E-state index contributed by atoms with van der Waals surface area (Å²) in [6, 6.07) is 5.21. The fourth-order valence-electron chi connectivity index (χ4n) is 1.61. The molecule has 4 heteroatoms. The number of nitrogens with two attached hydrogens (primary N) is 1. The maximum absolute atomic E-state index is 12.1. The topological polar surface area (TPSA) is 64.3 Å². The van der Waals surface area contributed by atoms with Crippen molar-refractivity contribution in [3.8, 4) is 17.6 Å². The van der Waals surface area contributed by atoms with Crippen molar-refractivity contribution in [3.05, 3.63) is 29.3 Å². The van der Waals surface area contributed by atoms with E-state index in [0.29, 0.717) is 29.3 Å². The third-order valence-corrected chi connectivity index (χ3v) is 3.09. The van der Waals surface area contributed by atoms with Gasteiger partial charge in [-0.3, -0.25) is 4.79 Å². The van der Waals surface area contributed by atoms with Gasteiger partial charge in [-0.05, 0) is 24.1 Å². The van der Waals surface area contributed by atoms with Crippen LogP contribution in [-0.2, 0) is 0 Å². The molecule has 0 saturated heterocycles. The van der Waals surface area contributed by atoms with E-state index in [-0.39, 0.29) is 12.5 Å². The molecule has 1 atom stereocenters. The van der Waals surface area contributed by atoms with E-state index >= 15 is 0 Å². The summed E-state index contributed by atoms with van der Waals surface area (Å²) in [4.78, 5) is 12.1. The maximum atomic E-state index is 12.1. The number of carbonyl (C=O) groups is 1. The Bertz CT molecular complexity index is 515. The zero-order valence-electron chi connectivity index (χ0n) is 12.3. The highest BCUT2D eigenvalue weighted by molar-refractivity contribution is 5.94. The Morgan fingerprint density at radius 1 is 1.50 bits per heavy atom. The summed E-state index contributed by atoms with van der Waals surface area (Å²) in [5, 5.41) is 2.92. The Morgan fingerprint density at radius 2 is 2.25 bits per heavy atom. The van der Waals surface area contributed by atoms with Crippen molar-refractivity contribution in [1.29, 1.82) is 0 Å². The minimum absolute atomic E-state index is 0.0937. The fourth-order valence-corrected chi connectivity index (χ4v) is 1.61. The minimum Gasteiger partial charge on any atom is -0.495 e. The maximum Gasteiger partial charge on any atom is 0.251 e. The van der Waals surface area contributed by atoms with E-state index in [9.17, 15) is 4.79 Å². The second-order valence-corrected chi connectivity index (χ2v) is 4.64. The van der Waals surface area contributed by atoms with Crippen molar-refractivity contribution in [1.82, 2.24) is 5.32 Å². The molecular formula is C16H22N2O2. The van der Waals surface area contributed by atoms with Crippen LogP contribution in [0.25, 0.3) is 0 Å². The van der Waals surface area contributed by atoms with Gasteiger partial charge >= 0.3 is 0 Å². The number of hydrogen-bond donors (Lipinski definition) is 2. The highest BCUT2D eigenvalue weighted by Crippen LogP contribution is 2.18. The van der Waals surface area contributed by atoms with Crippen molar-refractivity contribution in [3.63, 3.8) is 0 Å². The molecule has 1 aromatic rings. The summed E-state index contributed by atoms with van der Waals surface area (Å²) in [5.74, 6) is 6.70. The molecule has 0 bridgehead atoms. The normalized spacial score (nSPS) is 11.2. The van der Waals surface area contributed by atoms with Crippen molar-refractivity contribution in [2.45, 2.75) is 20.3 Å². The number of benzene rings is 1. The molecule has 0 spiro atoms. The summed E-state index contributed by atoms with van der Waals surface area (Å²) in [7, 11) is 1.58. The van der Waals surface area contributed by atoms with Gasteiger partial charge in [0.05, 0.1) is 19.2 Å². The number of ether oxygens (including phenoxy) is 1. The Kier molecular flexibility index (Phi) is 6.61. The molecule has 0 heterocycles. The van der Waals surface area contributed by atoms with Crippen molar-refractivity contribution in [2.75, 3.05) is 20.2 Å². The van der Waals surface area contributed by atoms with Gasteiger partial charge in [0.25, 0.3) is 5.91 Å². The zero-order chi connectivity index (χ0) is 15.0. The monoisotopic (exact) mass is 274 g/mol. The second kappa shape index (κ2) is 8.23. The molecular weight excluding hydrogens is 252 g/mol. The predicted octanol–water partition coefficient (Wildman–Crippen LogP) is 1.78. The molecule has 0 aliphatic rings. The highest BCUT2D eigenvalue weighted by atomic mass is 16.5. The smallest absolute Gasteiger partial charge is 0.251 e. The molecule has 0 aliphatic carbocycles. The van der Waals surface area contributed by atoms with Gasteiger partial charge in [0.15, 0.2) is 0 Å². The summed E-state index contributed by atoms with van der Waals surface area (Å²) >= 11 is 0. The number of amides is 1. The lowest BCUT2D eigenvalue weighted by atomic mass is 10.1. The van der Waals surface area contributed by atoms with E-state index in [1.54, 1.807) is 25.3 Å². The van der Waals surface area contributed by atoms with Crippen LogP contribution in [0.5, 0.6) is 5.75 Å². The number of carbonyl (C=O) groups excluding carboxylic acids is 1. The van der Waals surface area contributed by atoms with Crippen LogP contribution in [0.2, 0.25) is 0 Å². The van der Waals surface area contributed by atoms with Crippen LogP contribution in [-0.4, -0.2) is 26.1 Å². The van der Waals surface area contributed by atoms with Gasteiger partial charge in [0, 0.05) is 12.1 Å². The Labute approximate surface area is 120 Å². The molecule has 20 heavy (non-hydrogen) atoms. The average Bonchev–Trinajstić information content (AvgIpc) is 2.49. The van der Waals surface area contributed by atoms with E-state index in [0.717, 1.165) is 6.42 Å². The molecule has 3 N–H and O–H groups in total. The first-order chi connectivity index (χ1) is 9.62. The molecule has 1 aromatic carbocycles. The lowest BCUT2D eigenvalue weighted by molar-refractivity contribution is 0.0948. The van der Waals surface area contributed by atoms with Crippen LogP contribution >= 0.6 is 0 Å². The van der Waals surface area contributed by atoms with Gasteiger partial charge in [-0.15, -0.1) is 0 Å². The number of hydrogen-bond acceptors (Lipinski definition) is 3. The standard InChI is InChI=1S/C16H22N2O2/c1-4-12(2)11-18-16(19)14-7-8-15(20-3)13(10-14)6-5-9-17/h7-8,10,12H,4,9,11,17H2,1-3H3,(H,18,19). The first-order valence-electron chi connectivity index (χ1n) is 6.77. The molecule has 0 aromatic heterocycles. The molecule has 108 valence electrons. The molecule has 1 rings (SSSR count). The van der Waals surface area contributed by atoms with Crippen LogP contribution in [0.3, 0.4) is 0 Å². The third kappa shape index (κ3) is 4.60. The average molecular weight is 274 g/mol. The van der Waals surface area contributed by atoms with Gasteiger partial charge in [-0.1, -0.05) is 32.1 Å². The number of rotatable bonds is 5. The van der Waals surface area contributed by atoms with Crippen LogP contribution in [0.15, 0.2) is 18.2 Å². The summed E-state index contributed by atoms with van der Waals surface area (Å²) in [5.41, 5.74) is 6.62. The number of methoxy groups -OCH3 is 1. The van der Waals surface area contributed by atoms with E-state index in [1.165, 1.54) is 0 Å². The first kappa shape index (κ1) is 16.1. The molecule has 1 amide bonds. The SMILES string of the molecule is CCC(C)CNC(=O)c1ccc(OC)c(C#CCN)c1. The Morgan fingerprint density at radius 3 is 2.85 bits per heavy atom. The Balaban J connectivity index is 2.88. The summed E-state index contributed by atoms with van der Waals surface area (Å²) in [6.45, 7) is 5.15. The number of nitrogens with one attached hydrogen (secondary N) is 1. The van der Waals surface area contributed by atoms with Crippen LogP contribution in [0, 0.1) is 17.8 Å².